The topological polar surface area (TPSA) is 24.9 Å². The van der Waals surface area contributed by atoms with Crippen LogP contribution in [-0.2, 0) is 12.8 Å². The molecule has 1 N–H and O–H groups in total. The maximum Gasteiger partial charge on any atom is 0.126 e. The Morgan fingerprint density at radius 1 is 1.14 bits per heavy atom. The van der Waals surface area contributed by atoms with Crippen LogP contribution in [-0.4, -0.2) is 17.6 Å². The first-order valence-corrected chi connectivity index (χ1v) is 7.65. The van der Waals surface area contributed by atoms with Crippen LogP contribution < -0.4 is 5.32 Å². The number of halogens is 3. The number of benzene rings is 1. The van der Waals surface area contributed by atoms with Crippen molar-refractivity contribution in [2.45, 2.75) is 25.8 Å². The highest BCUT2D eigenvalue weighted by Gasteiger charge is 2.12. The minimum absolute atomic E-state index is 0.0878. The minimum Gasteiger partial charge on any atom is -0.314 e. The van der Waals surface area contributed by atoms with Gasteiger partial charge in [0.15, 0.2) is 0 Å². The van der Waals surface area contributed by atoms with E-state index in [1.54, 1.807) is 6.20 Å². The molecule has 0 aliphatic rings. The summed E-state index contributed by atoms with van der Waals surface area (Å²) in [7, 11) is 0. The molecule has 2 rings (SSSR count). The van der Waals surface area contributed by atoms with Crippen LogP contribution in [0.2, 0.25) is 0 Å². The third-order valence-electron chi connectivity index (χ3n) is 3.14. The number of nitrogens with one attached hydrogen (secondary N) is 1. The average Bonchev–Trinajstić information content (AvgIpc) is 2.40. The molecule has 0 radical (unpaired) electrons. The molecule has 2 aromatic rings. The van der Waals surface area contributed by atoms with E-state index >= 15 is 0 Å². The van der Waals surface area contributed by atoms with Crippen molar-refractivity contribution in [3.8, 4) is 0 Å². The van der Waals surface area contributed by atoms with E-state index < -0.39 is 11.6 Å². The van der Waals surface area contributed by atoms with Gasteiger partial charge in [0.2, 0.25) is 0 Å². The zero-order valence-corrected chi connectivity index (χ0v) is 13.3. The van der Waals surface area contributed by atoms with Crippen LogP contribution >= 0.6 is 15.9 Å². The summed E-state index contributed by atoms with van der Waals surface area (Å²) in [5.41, 5.74) is 1.59. The Morgan fingerprint density at radius 3 is 2.43 bits per heavy atom. The Bertz CT molecular complexity index is 567. The van der Waals surface area contributed by atoms with Crippen LogP contribution in [0.3, 0.4) is 0 Å². The van der Waals surface area contributed by atoms with Gasteiger partial charge in [-0.1, -0.05) is 6.92 Å². The summed E-state index contributed by atoms with van der Waals surface area (Å²) in [6.45, 7) is 2.80. The second kappa shape index (κ2) is 7.61. The summed E-state index contributed by atoms with van der Waals surface area (Å²) >= 11 is 3.35. The van der Waals surface area contributed by atoms with E-state index in [9.17, 15) is 8.78 Å². The summed E-state index contributed by atoms with van der Waals surface area (Å²) in [5, 5.41) is 3.34. The zero-order chi connectivity index (χ0) is 15.2. The highest BCUT2D eigenvalue weighted by Crippen LogP contribution is 2.13. The highest BCUT2D eigenvalue weighted by atomic mass is 79.9. The number of nitrogens with zero attached hydrogens (tertiary/aromatic N) is 1. The summed E-state index contributed by atoms with van der Waals surface area (Å²) in [6, 6.07) is 7.62. The lowest BCUT2D eigenvalue weighted by atomic mass is 10.0. The second-order valence-electron chi connectivity index (χ2n) is 4.91. The molecule has 0 saturated heterocycles. The van der Waals surface area contributed by atoms with Crippen molar-refractivity contribution in [2.24, 2.45) is 0 Å². The van der Waals surface area contributed by atoms with Gasteiger partial charge in [-0.15, -0.1) is 0 Å². The fraction of sp³-hybridized carbons (Fsp3) is 0.312. The van der Waals surface area contributed by atoms with Gasteiger partial charge in [0.05, 0.1) is 0 Å². The van der Waals surface area contributed by atoms with Crippen molar-refractivity contribution in [3.63, 3.8) is 0 Å². The molecule has 1 aromatic heterocycles. The summed E-state index contributed by atoms with van der Waals surface area (Å²) in [4.78, 5) is 4.34. The molecule has 0 spiro atoms. The van der Waals surface area contributed by atoms with Gasteiger partial charge in [-0.05, 0) is 58.7 Å². The molecule has 1 atom stereocenters. The first-order valence-electron chi connectivity index (χ1n) is 6.85. The molecule has 0 bridgehead atoms. The van der Waals surface area contributed by atoms with Gasteiger partial charge >= 0.3 is 0 Å². The Hall–Kier alpha value is -1.33. The number of hydrogen-bond acceptors (Lipinski definition) is 2. The molecule has 0 aliphatic carbocycles. The fourth-order valence-electron chi connectivity index (χ4n) is 2.30. The first kappa shape index (κ1) is 16.0. The lowest BCUT2D eigenvalue weighted by molar-refractivity contribution is 0.511. The molecule has 5 heteroatoms. The maximum absolute atomic E-state index is 13.3. The third-order valence-corrected chi connectivity index (χ3v) is 3.61. The van der Waals surface area contributed by atoms with Gasteiger partial charge < -0.3 is 5.32 Å². The van der Waals surface area contributed by atoms with E-state index in [1.165, 1.54) is 12.1 Å². The average molecular weight is 355 g/mol. The van der Waals surface area contributed by atoms with Gasteiger partial charge in [-0.3, -0.25) is 4.98 Å². The van der Waals surface area contributed by atoms with Crippen molar-refractivity contribution in [3.05, 3.63) is 63.9 Å². The molecule has 112 valence electrons. The minimum atomic E-state index is -0.540. The lowest BCUT2D eigenvalue weighted by Crippen LogP contribution is -2.33. The zero-order valence-electron chi connectivity index (χ0n) is 11.7. The van der Waals surface area contributed by atoms with Crippen LogP contribution in [0.4, 0.5) is 8.78 Å². The molecule has 0 saturated carbocycles. The predicted molar refractivity (Wildman–Crippen MR) is 83.2 cm³/mol. The molecule has 1 unspecified atom stereocenters. The van der Waals surface area contributed by atoms with Crippen LogP contribution in [0.1, 0.15) is 18.2 Å². The third kappa shape index (κ3) is 5.17. The van der Waals surface area contributed by atoms with E-state index in [-0.39, 0.29) is 6.04 Å². The number of hydrogen-bond donors (Lipinski definition) is 1. The van der Waals surface area contributed by atoms with E-state index in [2.05, 4.69) is 26.2 Å². The van der Waals surface area contributed by atoms with Crippen LogP contribution in [0.15, 0.2) is 41.0 Å². The summed E-state index contributed by atoms with van der Waals surface area (Å²) in [6.07, 6.45) is 3.01. The molecule has 1 aromatic carbocycles. The summed E-state index contributed by atoms with van der Waals surface area (Å²) < 4.78 is 27.4. The number of pyridine rings is 1. The van der Waals surface area contributed by atoms with Crippen LogP contribution in [0.5, 0.6) is 0 Å². The van der Waals surface area contributed by atoms with Crippen LogP contribution in [0.25, 0.3) is 0 Å². The van der Waals surface area contributed by atoms with Crippen molar-refractivity contribution in [2.75, 3.05) is 6.54 Å². The Kier molecular flexibility index (Phi) is 5.82. The molecule has 1 heterocycles. The van der Waals surface area contributed by atoms with Crippen molar-refractivity contribution in [1.29, 1.82) is 0 Å². The molecule has 0 amide bonds. The fourth-order valence-corrected chi connectivity index (χ4v) is 2.53. The molecule has 0 fully saturated rings. The van der Waals surface area contributed by atoms with Gasteiger partial charge in [0, 0.05) is 34.9 Å². The predicted octanol–water partition coefficient (Wildman–Crippen LogP) is 3.89. The first-order chi connectivity index (χ1) is 10.1. The second-order valence-corrected chi connectivity index (χ2v) is 5.82. The van der Waals surface area contributed by atoms with Gasteiger partial charge in [-0.2, -0.15) is 0 Å². The number of aromatic nitrogens is 1. The molecular weight excluding hydrogens is 338 g/mol. The summed E-state index contributed by atoms with van der Waals surface area (Å²) in [5.74, 6) is -1.08. The Labute approximate surface area is 131 Å². The monoisotopic (exact) mass is 354 g/mol. The largest absolute Gasteiger partial charge is 0.314 e. The SMILES string of the molecule is CCNC(Cc1cc(F)cc(F)c1)Cc1ccc(Br)cn1. The van der Waals surface area contributed by atoms with Gasteiger partial charge in [-0.25, -0.2) is 8.78 Å². The number of rotatable bonds is 6. The van der Waals surface area contributed by atoms with E-state index in [0.29, 0.717) is 18.4 Å². The van der Waals surface area contributed by atoms with Crippen molar-refractivity contribution < 1.29 is 8.78 Å². The molecule has 2 nitrogen and oxygen atoms in total. The Morgan fingerprint density at radius 2 is 1.86 bits per heavy atom. The van der Waals surface area contributed by atoms with Crippen LogP contribution in [0, 0.1) is 11.6 Å². The van der Waals surface area contributed by atoms with E-state index in [0.717, 1.165) is 22.8 Å². The number of likely N-dealkylation sites (N-methyl/N-ethyl adjacent to an activating group) is 1. The van der Waals surface area contributed by atoms with E-state index in [4.69, 9.17) is 0 Å². The standard InChI is InChI=1S/C16H17BrF2N2/c1-2-20-16(9-15-4-3-12(17)10-21-15)7-11-5-13(18)8-14(19)6-11/h3-6,8,10,16,20H,2,7,9H2,1H3. The van der Waals surface area contributed by atoms with Crippen molar-refractivity contribution >= 4 is 15.9 Å². The maximum atomic E-state index is 13.3. The van der Waals surface area contributed by atoms with Gasteiger partial charge in [0.25, 0.3) is 0 Å². The highest BCUT2D eigenvalue weighted by molar-refractivity contribution is 9.10. The molecular formula is C16H17BrF2N2. The normalized spacial score (nSPS) is 12.4. The van der Waals surface area contributed by atoms with Crippen molar-refractivity contribution in [1.82, 2.24) is 10.3 Å². The quantitative estimate of drug-likeness (QED) is 0.851. The lowest BCUT2D eigenvalue weighted by Gasteiger charge is -2.18. The Balaban J connectivity index is 2.09. The van der Waals surface area contributed by atoms with E-state index in [1.807, 2.05) is 19.1 Å². The molecule has 0 aliphatic heterocycles. The molecule has 21 heavy (non-hydrogen) atoms. The van der Waals surface area contributed by atoms with Gasteiger partial charge in [0.1, 0.15) is 11.6 Å². The smallest absolute Gasteiger partial charge is 0.126 e.